The molecule has 3 heteroatoms. The zero-order valence-corrected chi connectivity index (χ0v) is 12.3. The molecule has 3 unspecified atom stereocenters. The molecule has 2 aliphatic rings. The van der Waals surface area contributed by atoms with Crippen LogP contribution in [0.2, 0.25) is 0 Å². The molecule has 0 aliphatic heterocycles. The Morgan fingerprint density at radius 3 is 2.61 bits per heavy atom. The van der Waals surface area contributed by atoms with Crippen molar-refractivity contribution >= 4 is 11.8 Å². The van der Waals surface area contributed by atoms with Crippen LogP contribution >= 0.6 is 11.8 Å². The second-order valence-electron chi connectivity index (χ2n) is 5.99. The average molecular weight is 262 g/mol. The molecule has 1 fully saturated rings. The van der Waals surface area contributed by atoms with Crippen molar-refractivity contribution in [3.05, 3.63) is 23.0 Å². The number of fused-ring (bicyclic) bond motifs is 2. The minimum atomic E-state index is 0.498. The molecule has 2 aliphatic carbocycles. The van der Waals surface area contributed by atoms with Crippen molar-refractivity contribution in [2.24, 2.45) is 11.8 Å². The molecule has 0 saturated heterocycles. The summed E-state index contributed by atoms with van der Waals surface area (Å²) in [5.74, 6) is 2.45. The first-order chi connectivity index (χ1) is 8.72. The van der Waals surface area contributed by atoms with Gasteiger partial charge < -0.3 is 0 Å². The fraction of sp³-hybridized carbons (Fsp3) is 0.733. The Hall–Kier alpha value is -0.570. The average Bonchev–Trinajstić information content (AvgIpc) is 3.01. The lowest BCUT2D eigenvalue weighted by molar-refractivity contribution is 0.575. The Labute approximate surface area is 114 Å². The van der Waals surface area contributed by atoms with Crippen LogP contribution in [0.15, 0.2) is 6.20 Å². The van der Waals surface area contributed by atoms with E-state index < -0.39 is 0 Å². The summed E-state index contributed by atoms with van der Waals surface area (Å²) in [5.41, 5.74) is 4.23. The maximum Gasteiger partial charge on any atom is 0.0691 e. The van der Waals surface area contributed by atoms with Gasteiger partial charge in [-0.25, -0.2) is 0 Å². The van der Waals surface area contributed by atoms with Crippen LogP contribution in [0.5, 0.6) is 0 Å². The van der Waals surface area contributed by atoms with Crippen molar-refractivity contribution < 1.29 is 0 Å². The van der Waals surface area contributed by atoms with Gasteiger partial charge in [-0.2, -0.15) is 22.0 Å². The summed E-state index contributed by atoms with van der Waals surface area (Å²) in [4.78, 5) is 0. The molecule has 1 aromatic heterocycles. The van der Waals surface area contributed by atoms with E-state index in [-0.39, 0.29) is 0 Å². The van der Waals surface area contributed by atoms with E-state index in [2.05, 4.69) is 42.1 Å². The number of thioether (sulfide) groups is 1. The van der Waals surface area contributed by atoms with Crippen molar-refractivity contribution in [1.82, 2.24) is 10.2 Å². The third-order valence-electron chi connectivity index (χ3n) is 4.62. The third kappa shape index (κ3) is 2.07. The van der Waals surface area contributed by atoms with Gasteiger partial charge >= 0.3 is 0 Å². The van der Waals surface area contributed by atoms with Gasteiger partial charge in [-0.1, -0.05) is 13.8 Å². The van der Waals surface area contributed by atoms with Crippen LogP contribution in [0.3, 0.4) is 0 Å². The summed E-state index contributed by atoms with van der Waals surface area (Å²) in [6.07, 6.45) is 9.42. The number of aryl methyl sites for hydroxylation is 1. The Morgan fingerprint density at radius 2 is 1.94 bits per heavy atom. The molecule has 0 amide bonds. The number of rotatable bonds is 2. The van der Waals surface area contributed by atoms with Crippen molar-refractivity contribution in [1.29, 1.82) is 0 Å². The fourth-order valence-electron chi connectivity index (χ4n) is 3.58. The van der Waals surface area contributed by atoms with Crippen molar-refractivity contribution in [2.45, 2.75) is 50.7 Å². The molecule has 1 heterocycles. The van der Waals surface area contributed by atoms with Crippen LogP contribution in [0.4, 0.5) is 0 Å². The minimum absolute atomic E-state index is 0.498. The first-order valence-corrected chi connectivity index (χ1v) is 8.37. The van der Waals surface area contributed by atoms with Gasteiger partial charge in [-0.15, -0.1) is 0 Å². The molecule has 0 bridgehead atoms. The standard InChI is InChI=1S/C15H22N2S/c1-9(2)14-11-6-7-13-12(15(13)18-3)5-4-10(11)8-16-17-14/h8-9,12-13,15H,4-7H2,1-3H3. The fourth-order valence-corrected chi connectivity index (χ4v) is 4.87. The molecule has 0 aromatic carbocycles. The summed E-state index contributed by atoms with van der Waals surface area (Å²) in [5, 5.41) is 9.53. The first-order valence-electron chi connectivity index (χ1n) is 7.08. The SMILES string of the molecule is CSC1C2CCc3cnnc(C(C)C)c3CCC21. The third-order valence-corrected chi connectivity index (χ3v) is 5.87. The summed E-state index contributed by atoms with van der Waals surface area (Å²) in [6, 6.07) is 0. The quantitative estimate of drug-likeness (QED) is 0.816. The summed E-state index contributed by atoms with van der Waals surface area (Å²) < 4.78 is 0. The van der Waals surface area contributed by atoms with Gasteiger partial charge in [0.05, 0.1) is 11.9 Å². The first kappa shape index (κ1) is 12.5. The van der Waals surface area contributed by atoms with Crippen LogP contribution < -0.4 is 0 Å². The van der Waals surface area contributed by atoms with Crippen molar-refractivity contribution in [3.8, 4) is 0 Å². The molecule has 0 spiro atoms. The Morgan fingerprint density at radius 1 is 1.22 bits per heavy atom. The van der Waals surface area contributed by atoms with Gasteiger partial charge in [-0.3, -0.25) is 0 Å². The highest BCUT2D eigenvalue weighted by Gasteiger charge is 2.48. The lowest BCUT2D eigenvalue weighted by atomic mass is 9.91. The number of hydrogen-bond acceptors (Lipinski definition) is 3. The summed E-state index contributed by atoms with van der Waals surface area (Å²) in [6.45, 7) is 4.46. The van der Waals surface area contributed by atoms with Crippen LogP contribution in [-0.4, -0.2) is 21.7 Å². The molecular weight excluding hydrogens is 240 g/mol. The minimum Gasteiger partial charge on any atom is -0.161 e. The topological polar surface area (TPSA) is 25.8 Å². The monoisotopic (exact) mass is 262 g/mol. The highest BCUT2D eigenvalue weighted by molar-refractivity contribution is 7.99. The summed E-state index contributed by atoms with van der Waals surface area (Å²) >= 11 is 2.07. The van der Waals surface area contributed by atoms with Crippen LogP contribution in [-0.2, 0) is 12.8 Å². The predicted molar refractivity (Wildman–Crippen MR) is 77.0 cm³/mol. The maximum absolute atomic E-state index is 4.39. The molecule has 2 nitrogen and oxygen atoms in total. The van der Waals surface area contributed by atoms with E-state index >= 15 is 0 Å². The van der Waals surface area contributed by atoms with E-state index in [9.17, 15) is 0 Å². The largest absolute Gasteiger partial charge is 0.161 e. The second kappa shape index (κ2) is 4.84. The van der Waals surface area contributed by atoms with Crippen LogP contribution in [0.1, 0.15) is 49.4 Å². The molecule has 98 valence electrons. The Balaban J connectivity index is 1.87. The van der Waals surface area contributed by atoms with Gasteiger partial charge in [0.15, 0.2) is 0 Å². The molecule has 3 rings (SSSR count). The normalized spacial score (nSPS) is 30.3. The molecular formula is C15H22N2S. The number of nitrogens with zero attached hydrogens (tertiary/aromatic N) is 2. The molecule has 0 N–H and O–H groups in total. The molecule has 18 heavy (non-hydrogen) atoms. The molecule has 1 aromatic rings. The number of aromatic nitrogens is 2. The van der Waals surface area contributed by atoms with Crippen LogP contribution in [0, 0.1) is 11.8 Å². The lowest BCUT2D eigenvalue weighted by Gasteiger charge is -2.17. The summed E-state index contributed by atoms with van der Waals surface area (Å²) in [7, 11) is 0. The Bertz CT molecular complexity index is 444. The molecule has 3 atom stereocenters. The van der Waals surface area contributed by atoms with E-state index in [0.29, 0.717) is 5.92 Å². The zero-order chi connectivity index (χ0) is 12.7. The van der Waals surface area contributed by atoms with Gasteiger partial charge in [0.1, 0.15) is 0 Å². The van der Waals surface area contributed by atoms with E-state index in [1.165, 1.54) is 42.5 Å². The highest BCUT2D eigenvalue weighted by Crippen LogP contribution is 2.53. The van der Waals surface area contributed by atoms with E-state index in [1.807, 2.05) is 6.20 Å². The second-order valence-corrected chi connectivity index (χ2v) is 7.01. The van der Waals surface area contributed by atoms with Gasteiger partial charge in [0.25, 0.3) is 0 Å². The number of hydrogen-bond donors (Lipinski definition) is 0. The van der Waals surface area contributed by atoms with Gasteiger partial charge in [0.2, 0.25) is 0 Å². The molecule has 1 saturated carbocycles. The molecule has 0 radical (unpaired) electrons. The van der Waals surface area contributed by atoms with Gasteiger partial charge in [-0.05, 0) is 60.8 Å². The van der Waals surface area contributed by atoms with E-state index in [1.54, 1.807) is 0 Å². The van der Waals surface area contributed by atoms with Crippen LogP contribution in [0.25, 0.3) is 0 Å². The Kier molecular flexibility index (Phi) is 3.35. The van der Waals surface area contributed by atoms with Crippen molar-refractivity contribution in [3.63, 3.8) is 0 Å². The highest BCUT2D eigenvalue weighted by atomic mass is 32.2. The zero-order valence-electron chi connectivity index (χ0n) is 11.5. The van der Waals surface area contributed by atoms with Crippen molar-refractivity contribution in [2.75, 3.05) is 6.26 Å². The smallest absolute Gasteiger partial charge is 0.0691 e. The lowest BCUT2D eigenvalue weighted by Crippen LogP contribution is -2.09. The maximum atomic E-state index is 4.39. The predicted octanol–water partition coefficient (Wildman–Crippen LogP) is 3.46. The van der Waals surface area contributed by atoms with Gasteiger partial charge in [0, 0.05) is 5.25 Å². The van der Waals surface area contributed by atoms with E-state index in [0.717, 1.165) is 17.1 Å². The van der Waals surface area contributed by atoms with E-state index in [4.69, 9.17) is 0 Å².